The number of phenols is 1. The third-order valence-corrected chi connectivity index (χ3v) is 4.28. The summed E-state index contributed by atoms with van der Waals surface area (Å²) in [5.41, 5.74) is 0.870. The van der Waals surface area contributed by atoms with E-state index in [0.717, 1.165) is 0 Å². The Balaban J connectivity index is 2.00. The zero-order valence-electron chi connectivity index (χ0n) is 14.2. The Hall–Kier alpha value is -2.90. The highest BCUT2D eigenvalue weighted by Gasteiger charge is 2.34. The second-order valence-corrected chi connectivity index (χ2v) is 6.42. The predicted octanol–water partition coefficient (Wildman–Crippen LogP) is 3.28. The van der Waals surface area contributed by atoms with Crippen LogP contribution in [0.1, 0.15) is 12.5 Å². The zero-order chi connectivity index (χ0) is 19.6. The van der Waals surface area contributed by atoms with Crippen molar-refractivity contribution in [2.45, 2.75) is 6.92 Å². The van der Waals surface area contributed by atoms with Crippen LogP contribution in [-0.4, -0.2) is 28.6 Å². The Bertz CT molecular complexity index is 974. The van der Waals surface area contributed by atoms with E-state index in [0.29, 0.717) is 22.9 Å². The molecule has 1 heterocycles. The van der Waals surface area contributed by atoms with Crippen molar-refractivity contribution in [2.75, 3.05) is 11.5 Å². The van der Waals surface area contributed by atoms with E-state index < -0.39 is 11.8 Å². The molecular weight excluding hydrogens is 388 g/mol. The number of benzene rings is 2. The van der Waals surface area contributed by atoms with E-state index >= 15 is 0 Å². The van der Waals surface area contributed by atoms with Crippen LogP contribution in [0.5, 0.6) is 11.5 Å². The minimum absolute atomic E-state index is 0.0230. The number of ether oxygens (including phenoxy) is 1. The second kappa shape index (κ2) is 7.77. The van der Waals surface area contributed by atoms with Crippen LogP contribution in [0.2, 0.25) is 5.02 Å². The number of nitrogens with zero attached hydrogens (tertiary/aromatic N) is 1. The summed E-state index contributed by atoms with van der Waals surface area (Å²) in [6, 6.07) is 11.1. The molecule has 0 radical (unpaired) electrons. The first-order valence-electron chi connectivity index (χ1n) is 8.03. The van der Waals surface area contributed by atoms with Crippen molar-refractivity contribution in [1.29, 1.82) is 0 Å². The average Bonchev–Trinajstić information content (AvgIpc) is 2.61. The Labute approximate surface area is 166 Å². The van der Waals surface area contributed by atoms with Crippen molar-refractivity contribution in [2.24, 2.45) is 0 Å². The number of anilines is 1. The summed E-state index contributed by atoms with van der Waals surface area (Å²) in [5, 5.41) is 12.7. The molecule has 1 aliphatic heterocycles. The molecule has 138 valence electrons. The van der Waals surface area contributed by atoms with E-state index in [1.165, 1.54) is 17.0 Å². The van der Waals surface area contributed by atoms with Gasteiger partial charge >= 0.3 is 0 Å². The van der Waals surface area contributed by atoms with Crippen LogP contribution >= 0.6 is 23.8 Å². The second-order valence-electron chi connectivity index (χ2n) is 5.60. The first-order valence-corrected chi connectivity index (χ1v) is 8.82. The molecule has 0 aromatic heterocycles. The van der Waals surface area contributed by atoms with Crippen molar-refractivity contribution in [3.8, 4) is 11.5 Å². The number of carbonyl (C=O) groups excluding carboxylic acids is 2. The van der Waals surface area contributed by atoms with Gasteiger partial charge in [-0.3, -0.25) is 19.8 Å². The maximum atomic E-state index is 12.9. The molecule has 0 saturated carbocycles. The summed E-state index contributed by atoms with van der Waals surface area (Å²) < 4.78 is 5.33. The molecule has 2 amide bonds. The maximum Gasteiger partial charge on any atom is 0.270 e. The van der Waals surface area contributed by atoms with Gasteiger partial charge in [0, 0.05) is 5.02 Å². The fourth-order valence-corrected chi connectivity index (χ4v) is 3.03. The quantitative estimate of drug-likeness (QED) is 0.466. The summed E-state index contributed by atoms with van der Waals surface area (Å²) >= 11 is 11.1. The molecule has 1 fully saturated rings. The van der Waals surface area contributed by atoms with Gasteiger partial charge in [-0.2, -0.15) is 0 Å². The molecular formula is C19H15ClN2O4S. The highest BCUT2D eigenvalue weighted by molar-refractivity contribution is 7.80. The summed E-state index contributed by atoms with van der Waals surface area (Å²) in [5.74, 6) is -0.941. The Morgan fingerprint density at radius 3 is 2.74 bits per heavy atom. The molecule has 6 nitrogen and oxygen atoms in total. The van der Waals surface area contributed by atoms with Gasteiger partial charge in [0.15, 0.2) is 16.6 Å². The fraction of sp³-hybridized carbons (Fsp3) is 0.105. The summed E-state index contributed by atoms with van der Waals surface area (Å²) in [4.78, 5) is 26.5. The number of carbonyl (C=O) groups is 2. The summed E-state index contributed by atoms with van der Waals surface area (Å²) in [6.07, 6.45) is 1.42. The number of halogens is 1. The molecule has 1 aliphatic rings. The number of amides is 2. The fourth-order valence-electron chi connectivity index (χ4n) is 2.57. The van der Waals surface area contributed by atoms with Crippen LogP contribution in [-0.2, 0) is 9.59 Å². The van der Waals surface area contributed by atoms with Crippen LogP contribution in [0.3, 0.4) is 0 Å². The molecule has 0 atom stereocenters. The molecule has 2 aromatic carbocycles. The number of phenolic OH excluding ortho intramolecular Hbond substituents is 1. The lowest BCUT2D eigenvalue weighted by molar-refractivity contribution is -0.122. The normalized spacial score (nSPS) is 15.9. The van der Waals surface area contributed by atoms with E-state index in [1.54, 1.807) is 43.3 Å². The molecule has 0 unspecified atom stereocenters. The average molecular weight is 403 g/mol. The van der Waals surface area contributed by atoms with Gasteiger partial charge < -0.3 is 9.84 Å². The number of rotatable bonds is 4. The van der Waals surface area contributed by atoms with Gasteiger partial charge in [-0.15, -0.1) is 0 Å². The largest absolute Gasteiger partial charge is 0.504 e. The van der Waals surface area contributed by atoms with Crippen LogP contribution in [0, 0.1) is 0 Å². The van der Waals surface area contributed by atoms with Gasteiger partial charge in [-0.05, 0) is 61.1 Å². The molecule has 0 bridgehead atoms. The van der Waals surface area contributed by atoms with Crippen LogP contribution < -0.4 is 15.0 Å². The number of hydrogen-bond donors (Lipinski definition) is 2. The van der Waals surface area contributed by atoms with E-state index in [1.807, 2.05) is 0 Å². The van der Waals surface area contributed by atoms with Crippen LogP contribution in [0.4, 0.5) is 5.69 Å². The molecule has 2 aromatic rings. The third kappa shape index (κ3) is 3.94. The molecule has 1 saturated heterocycles. The molecule has 0 aliphatic carbocycles. The SMILES string of the molecule is CCOc1cc(/C=C2\C(=O)NC(=S)N(c3cccc(Cl)c3)C2=O)ccc1O. The number of aromatic hydroxyl groups is 1. The first-order chi connectivity index (χ1) is 12.9. The highest BCUT2D eigenvalue weighted by Crippen LogP contribution is 2.29. The summed E-state index contributed by atoms with van der Waals surface area (Å²) in [6.45, 7) is 2.15. The van der Waals surface area contributed by atoms with Gasteiger partial charge in [0.1, 0.15) is 5.57 Å². The minimum Gasteiger partial charge on any atom is -0.504 e. The first kappa shape index (κ1) is 18.9. The van der Waals surface area contributed by atoms with Crippen molar-refractivity contribution in [3.63, 3.8) is 0 Å². The Morgan fingerprint density at radius 1 is 1.26 bits per heavy atom. The van der Waals surface area contributed by atoms with E-state index in [2.05, 4.69) is 5.32 Å². The van der Waals surface area contributed by atoms with Crippen LogP contribution in [0.15, 0.2) is 48.0 Å². The third-order valence-electron chi connectivity index (χ3n) is 3.76. The van der Waals surface area contributed by atoms with E-state index in [4.69, 9.17) is 28.6 Å². The monoisotopic (exact) mass is 402 g/mol. The lowest BCUT2D eigenvalue weighted by Gasteiger charge is -2.29. The minimum atomic E-state index is -0.602. The van der Waals surface area contributed by atoms with Gasteiger partial charge in [-0.25, -0.2) is 0 Å². The highest BCUT2D eigenvalue weighted by atomic mass is 35.5. The molecule has 2 N–H and O–H groups in total. The van der Waals surface area contributed by atoms with Crippen molar-refractivity contribution >= 4 is 52.5 Å². The molecule has 3 rings (SSSR count). The maximum absolute atomic E-state index is 12.9. The van der Waals surface area contributed by atoms with E-state index in [9.17, 15) is 14.7 Å². The zero-order valence-corrected chi connectivity index (χ0v) is 15.8. The number of hydrogen-bond acceptors (Lipinski definition) is 5. The predicted molar refractivity (Wildman–Crippen MR) is 107 cm³/mol. The lowest BCUT2D eigenvalue weighted by atomic mass is 10.1. The number of thiocarbonyl (C=S) groups is 1. The Kier molecular flexibility index (Phi) is 5.43. The van der Waals surface area contributed by atoms with Crippen molar-refractivity contribution in [3.05, 3.63) is 58.6 Å². The van der Waals surface area contributed by atoms with Crippen LogP contribution in [0.25, 0.3) is 6.08 Å². The molecule has 0 spiro atoms. The smallest absolute Gasteiger partial charge is 0.270 e. The lowest BCUT2D eigenvalue weighted by Crippen LogP contribution is -2.54. The molecule has 8 heteroatoms. The van der Waals surface area contributed by atoms with Gasteiger partial charge in [0.05, 0.1) is 12.3 Å². The standard InChI is InChI=1S/C19H15ClN2O4S/c1-2-26-16-9-11(6-7-15(16)23)8-14-17(24)21-19(27)22(18(14)25)13-5-3-4-12(20)10-13/h3-10,23H,2H2,1H3,(H,21,24,27)/b14-8+. The topological polar surface area (TPSA) is 78.9 Å². The van der Waals surface area contributed by atoms with Gasteiger partial charge in [0.25, 0.3) is 11.8 Å². The van der Waals surface area contributed by atoms with Crippen molar-refractivity contribution < 1.29 is 19.4 Å². The number of nitrogens with one attached hydrogen (secondary N) is 1. The van der Waals surface area contributed by atoms with Gasteiger partial charge in [0.2, 0.25) is 0 Å². The molecule has 27 heavy (non-hydrogen) atoms. The van der Waals surface area contributed by atoms with Crippen molar-refractivity contribution in [1.82, 2.24) is 5.32 Å². The Morgan fingerprint density at radius 2 is 2.04 bits per heavy atom. The van der Waals surface area contributed by atoms with Gasteiger partial charge in [-0.1, -0.05) is 23.7 Å². The summed E-state index contributed by atoms with van der Waals surface area (Å²) in [7, 11) is 0. The van der Waals surface area contributed by atoms with E-state index in [-0.39, 0.29) is 22.2 Å².